The van der Waals surface area contributed by atoms with Gasteiger partial charge in [0.2, 0.25) is 5.78 Å². The van der Waals surface area contributed by atoms with E-state index in [1.807, 2.05) is 6.07 Å². The van der Waals surface area contributed by atoms with Gasteiger partial charge < -0.3 is 19.2 Å². The first-order valence-corrected chi connectivity index (χ1v) is 9.16. The van der Waals surface area contributed by atoms with Gasteiger partial charge >= 0.3 is 11.9 Å². The topological polar surface area (TPSA) is 94.7 Å². The first kappa shape index (κ1) is 21.2. The summed E-state index contributed by atoms with van der Waals surface area (Å²) in [7, 11) is 0. The molecule has 0 unspecified atom stereocenters. The van der Waals surface area contributed by atoms with Gasteiger partial charge in [-0.1, -0.05) is 25.1 Å². The van der Waals surface area contributed by atoms with Crippen molar-refractivity contribution in [2.45, 2.75) is 40.2 Å². The maximum atomic E-state index is 12.6. The molecule has 2 rings (SSSR count). The maximum Gasteiger partial charge on any atom is 0.347 e. The van der Waals surface area contributed by atoms with Crippen LogP contribution in [-0.2, 0) is 14.3 Å². The van der Waals surface area contributed by atoms with Crippen molar-refractivity contribution in [2.75, 3.05) is 13.2 Å². The van der Waals surface area contributed by atoms with Gasteiger partial charge in [0.05, 0.1) is 17.7 Å². The molecule has 7 heteroatoms. The molecule has 1 heterocycles. The van der Waals surface area contributed by atoms with Crippen molar-refractivity contribution < 1.29 is 28.6 Å². The van der Waals surface area contributed by atoms with Gasteiger partial charge in [0, 0.05) is 11.4 Å². The van der Waals surface area contributed by atoms with Gasteiger partial charge in [-0.15, -0.1) is 0 Å². The highest BCUT2D eigenvalue weighted by Crippen LogP contribution is 2.21. The fourth-order valence-electron chi connectivity index (χ4n) is 2.85. The molecule has 2 aromatic rings. The maximum absolute atomic E-state index is 12.6. The Labute approximate surface area is 164 Å². The van der Waals surface area contributed by atoms with Crippen LogP contribution in [0.1, 0.15) is 52.4 Å². The Bertz CT molecular complexity index is 840. The van der Waals surface area contributed by atoms with Crippen molar-refractivity contribution in [3.8, 4) is 5.75 Å². The Morgan fingerprint density at radius 3 is 2.21 bits per heavy atom. The molecule has 0 bridgehead atoms. The molecule has 0 saturated carbocycles. The first-order valence-electron chi connectivity index (χ1n) is 9.16. The van der Waals surface area contributed by atoms with Crippen molar-refractivity contribution in [2.24, 2.45) is 0 Å². The molecule has 1 aromatic heterocycles. The van der Waals surface area contributed by atoms with E-state index >= 15 is 0 Å². The minimum Gasteiger partial charge on any atom is -0.479 e. The SMILES string of the molecule is CCOC(=O)c1c(C)[nH]c(C)c1C(=O)COC(=O)[C@@H](CC)Oc1ccccc1. The molecule has 0 saturated heterocycles. The van der Waals surface area contributed by atoms with Crippen LogP contribution in [0.3, 0.4) is 0 Å². The van der Waals surface area contributed by atoms with E-state index in [0.717, 1.165) is 0 Å². The monoisotopic (exact) mass is 387 g/mol. The van der Waals surface area contributed by atoms with Gasteiger partial charge in [-0.2, -0.15) is 0 Å². The van der Waals surface area contributed by atoms with Crippen LogP contribution in [0.4, 0.5) is 0 Å². The van der Waals surface area contributed by atoms with Crippen LogP contribution in [0.5, 0.6) is 5.75 Å². The number of nitrogens with one attached hydrogen (secondary N) is 1. The zero-order valence-corrected chi connectivity index (χ0v) is 16.5. The van der Waals surface area contributed by atoms with E-state index in [2.05, 4.69) is 4.98 Å². The summed E-state index contributed by atoms with van der Waals surface area (Å²) < 4.78 is 15.8. The number of esters is 2. The molecular weight excluding hydrogens is 362 g/mol. The van der Waals surface area contributed by atoms with Gasteiger partial charge in [-0.05, 0) is 39.3 Å². The fourth-order valence-corrected chi connectivity index (χ4v) is 2.85. The van der Waals surface area contributed by atoms with Gasteiger partial charge in [-0.25, -0.2) is 9.59 Å². The van der Waals surface area contributed by atoms with Crippen LogP contribution in [0.15, 0.2) is 30.3 Å². The van der Waals surface area contributed by atoms with E-state index in [4.69, 9.17) is 14.2 Å². The van der Waals surface area contributed by atoms with Gasteiger partial charge in [0.25, 0.3) is 0 Å². The summed E-state index contributed by atoms with van der Waals surface area (Å²) in [5, 5.41) is 0. The number of carbonyl (C=O) groups is 3. The number of hydrogen-bond donors (Lipinski definition) is 1. The number of H-pyrrole nitrogens is 1. The summed E-state index contributed by atoms with van der Waals surface area (Å²) in [6, 6.07) is 8.90. The summed E-state index contributed by atoms with van der Waals surface area (Å²) in [5.41, 5.74) is 1.41. The number of Topliss-reactive ketones (excluding diaryl/α,β-unsaturated/α-hetero) is 1. The first-order chi connectivity index (χ1) is 13.4. The number of aryl methyl sites for hydroxylation is 2. The summed E-state index contributed by atoms with van der Waals surface area (Å²) in [6.45, 7) is 6.54. The lowest BCUT2D eigenvalue weighted by Crippen LogP contribution is -2.30. The molecule has 7 nitrogen and oxygen atoms in total. The smallest absolute Gasteiger partial charge is 0.347 e. The molecule has 0 aliphatic carbocycles. The van der Waals surface area contributed by atoms with Gasteiger partial charge in [-0.3, -0.25) is 4.79 Å². The lowest BCUT2D eigenvalue weighted by molar-refractivity contribution is -0.150. The van der Waals surface area contributed by atoms with Crippen LogP contribution in [0, 0.1) is 13.8 Å². The standard InChI is InChI=1S/C21H25NO6/c1-5-17(28-15-10-8-7-9-11-15)20(24)27-12-16(23)18-13(3)22-14(4)19(18)21(25)26-6-2/h7-11,17,22H,5-6,12H2,1-4H3/t17-/m1/s1. The minimum atomic E-state index is -0.825. The third kappa shape index (κ3) is 5.00. The average Bonchev–Trinajstić information content (AvgIpc) is 2.98. The molecule has 28 heavy (non-hydrogen) atoms. The van der Waals surface area contributed by atoms with Crippen molar-refractivity contribution in [1.82, 2.24) is 4.98 Å². The Kier molecular flexibility index (Phi) is 7.37. The Morgan fingerprint density at radius 2 is 1.61 bits per heavy atom. The molecule has 1 aromatic carbocycles. The average molecular weight is 387 g/mol. The van der Waals surface area contributed by atoms with Crippen molar-refractivity contribution in [3.63, 3.8) is 0 Å². The Morgan fingerprint density at radius 1 is 0.964 bits per heavy atom. The highest BCUT2D eigenvalue weighted by molar-refractivity contribution is 6.09. The lowest BCUT2D eigenvalue weighted by atomic mass is 10.1. The zero-order valence-electron chi connectivity index (χ0n) is 16.5. The van der Waals surface area contributed by atoms with E-state index in [1.165, 1.54) is 0 Å². The molecule has 150 valence electrons. The van der Waals surface area contributed by atoms with Crippen molar-refractivity contribution in [3.05, 3.63) is 52.8 Å². The number of hydrogen-bond acceptors (Lipinski definition) is 6. The molecule has 0 fully saturated rings. The van der Waals surface area contributed by atoms with E-state index in [1.54, 1.807) is 52.0 Å². The van der Waals surface area contributed by atoms with Crippen molar-refractivity contribution in [1.29, 1.82) is 0 Å². The number of rotatable bonds is 9. The molecule has 0 spiro atoms. The summed E-state index contributed by atoms with van der Waals surface area (Å²) in [4.78, 5) is 40.1. The predicted octanol–water partition coefficient (Wildman–Crippen LogP) is 3.39. The van der Waals surface area contributed by atoms with Crippen LogP contribution in [0.25, 0.3) is 0 Å². The van der Waals surface area contributed by atoms with E-state index in [-0.39, 0.29) is 17.7 Å². The van der Waals surface area contributed by atoms with Gasteiger partial charge in [0.1, 0.15) is 5.75 Å². The van der Waals surface area contributed by atoms with Crippen LogP contribution < -0.4 is 4.74 Å². The quantitative estimate of drug-likeness (QED) is 0.523. The normalized spacial score (nSPS) is 11.6. The second-order valence-electron chi connectivity index (χ2n) is 6.20. The second-order valence-corrected chi connectivity index (χ2v) is 6.20. The third-order valence-corrected chi connectivity index (χ3v) is 4.13. The summed E-state index contributed by atoms with van der Waals surface area (Å²) in [5.74, 6) is -1.16. The number of aromatic nitrogens is 1. The van der Waals surface area contributed by atoms with E-state index < -0.39 is 30.4 Å². The highest BCUT2D eigenvalue weighted by atomic mass is 16.6. The van der Waals surface area contributed by atoms with Crippen LogP contribution in [-0.4, -0.2) is 42.0 Å². The molecule has 0 amide bonds. The molecule has 0 aliphatic rings. The number of para-hydroxylation sites is 1. The summed E-state index contributed by atoms with van der Waals surface area (Å²) >= 11 is 0. The minimum absolute atomic E-state index is 0.174. The third-order valence-electron chi connectivity index (χ3n) is 4.13. The lowest BCUT2D eigenvalue weighted by Gasteiger charge is -2.16. The number of aromatic amines is 1. The molecule has 1 atom stereocenters. The van der Waals surface area contributed by atoms with E-state index in [0.29, 0.717) is 23.6 Å². The fraction of sp³-hybridized carbons (Fsp3) is 0.381. The van der Waals surface area contributed by atoms with Crippen molar-refractivity contribution >= 4 is 17.7 Å². The molecule has 0 radical (unpaired) electrons. The zero-order chi connectivity index (χ0) is 20.7. The van der Waals surface area contributed by atoms with Gasteiger partial charge in [0.15, 0.2) is 12.7 Å². The van der Waals surface area contributed by atoms with Crippen LogP contribution in [0.2, 0.25) is 0 Å². The van der Waals surface area contributed by atoms with Crippen LogP contribution >= 0.6 is 0 Å². The largest absolute Gasteiger partial charge is 0.479 e. The highest BCUT2D eigenvalue weighted by Gasteiger charge is 2.27. The number of ketones is 1. The molecular formula is C21H25NO6. The predicted molar refractivity (Wildman–Crippen MR) is 103 cm³/mol. The number of carbonyl (C=O) groups excluding carboxylic acids is 3. The second kappa shape index (κ2) is 9.73. The van der Waals surface area contributed by atoms with E-state index in [9.17, 15) is 14.4 Å². The Balaban J connectivity index is 2.07. The number of ether oxygens (including phenoxy) is 3. The molecule has 1 N–H and O–H groups in total. The molecule has 0 aliphatic heterocycles. The number of benzene rings is 1. The summed E-state index contributed by atoms with van der Waals surface area (Å²) in [6.07, 6.45) is -0.438. The Hall–Kier alpha value is -3.09.